The molecule has 4 aliphatic rings. The summed E-state index contributed by atoms with van der Waals surface area (Å²) in [5.41, 5.74) is 4.79. The molecule has 0 radical (unpaired) electrons. The Bertz CT molecular complexity index is 1110. The van der Waals surface area contributed by atoms with Gasteiger partial charge >= 0.3 is 6.18 Å². The first-order chi connectivity index (χ1) is 16.1. The molecule has 34 heavy (non-hydrogen) atoms. The van der Waals surface area contributed by atoms with E-state index in [0.29, 0.717) is 12.3 Å². The second-order valence-corrected chi connectivity index (χ2v) is 11.7. The number of ether oxygens (including phenoxy) is 1. The van der Waals surface area contributed by atoms with E-state index in [9.17, 15) is 18.3 Å². The molecule has 3 nitrogen and oxygen atoms in total. The summed E-state index contributed by atoms with van der Waals surface area (Å²) in [5.74, 6) is 0.360. The van der Waals surface area contributed by atoms with Crippen molar-refractivity contribution in [2.45, 2.75) is 102 Å². The number of rotatable bonds is 2. The van der Waals surface area contributed by atoms with Crippen LogP contribution in [0.2, 0.25) is 0 Å². The molecule has 2 atom stereocenters. The van der Waals surface area contributed by atoms with Crippen LogP contribution in [0.15, 0.2) is 24.3 Å². The first-order valence-electron chi connectivity index (χ1n) is 12.7. The van der Waals surface area contributed by atoms with Crippen LogP contribution in [0, 0.1) is 5.41 Å². The van der Waals surface area contributed by atoms with Gasteiger partial charge in [0.25, 0.3) is 0 Å². The molecule has 1 aromatic carbocycles. The van der Waals surface area contributed by atoms with Gasteiger partial charge in [0.2, 0.25) is 0 Å². The molecular formula is C28H32F3NO2. The molecule has 182 valence electrons. The summed E-state index contributed by atoms with van der Waals surface area (Å²) in [7, 11) is 0. The third-order valence-corrected chi connectivity index (χ3v) is 8.61. The summed E-state index contributed by atoms with van der Waals surface area (Å²) in [4.78, 5) is 5.22. The highest BCUT2D eigenvalue weighted by atomic mass is 19.4. The Morgan fingerprint density at radius 2 is 1.68 bits per heavy atom. The summed E-state index contributed by atoms with van der Waals surface area (Å²) in [5, 5.41) is 11.4. The van der Waals surface area contributed by atoms with Gasteiger partial charge in [0, 0.05) is 22.7 Å². The lowest BCUT2D eigenvalue weighted by molar-refractivity contribution is -0.137. The molecule has 0 amide bonds. The van der Waals surface area contributed by atoms with E-state index in [1.54, 1.807) is 12.1 Å². The van der Waals surface area contributed by atoms with Gasteiger partial charge in [0.1, 0.15) is 6.10 Å². The van der Waals surface area contributed by atoms with E-state index in [1.807, 2.05) is 0 Å². The maximum absolute atomic E-state index is 13.2. The molecular weight excluding hydrogens is 439 g/mol. The molecule has 3 aliphatic carbocycles. The van der Waals surface area contributed by atoms with Gasteiger partial charge in [0.05, 0.1) is 23.0 Å². The Hall–Kier alpha value is -1.92. The van der Waals surface area contributed by atoms with Gasteiger partial charge in [-0.2, -0.15) is 13.2 Å². The van der Waals surface area contributed by atoms with E-state index in [2.05, 4.69) is 13.8 Å². The van der Waals surface area contributed by atoms with E-state index in [1.165, 1.54) is 6.42 Å². The fourth-order valence-corrected chi connectivity index (χ4v) is 6.82. The zero-order chi connectivity index (χ0) is 23.9. The summed E-state index contributed by atoms with van der Waals surface area (Å²) >= 11 is 0. The van der Waals surface area contributed by atoms with Crippen molar-refractivity contribution in [1.82, 2.24) is 4.98 Å². The number of alkyl halides is 3. The number of aliphatic hydroxyl groups is 1. The lowest BCUT2D eigenvalue weighted by Gasteiger charge is -2.39. The number of fused-ring (bicyclic) bond motifs is 4. The number of benzene rings is 1. The van der Waals surface area contributed by atoms with Crippen LogP contribution >= 0.6 is 0 Å². The second-order valence-electron chi connectivity index (χ2n) is 11.7. The van der Waals surface area contributed by atoms with Crippen molar-refractivity contribution in [1.29, 1.82) is 0 Å². The second kappa shape index (κ2) is 7.54. The summed E-state index contributed by atoms with van der Waals surface area (Å²) in [6.45, 7) is 4.37. The van der Waals surface area contributed by atoms with Crippen molar-refractivity contribution in [2.75, 3.05) is 0 Å². The number of hydrogen-bond acceptors (Lipinski definition) is 3. The predicted octanol–water partition coefficient (Wildman–Crippen LogP) is 7.26. The third kappa shape index (κ3) is 3.43. The van der Waals surface area contributed by atoms with Crippen LogP contribution < -0.4 is 0 Å². The molecule has 2 saturated carbocycles. The first-order valence-corrected chi connectivity index (χ1v) is 12.7. The zero-order valence-corrected chi connectivity index (χ0v) is 19.8. The molecule has 2 fully saturated rings. The lowest BCUT2D eigenvalue weighted by atomic mass is 9.69. The van der Waals surface area contributed by atoms with Crippen molar-refractivity contribution in [3.63, 3.8) is 0 Å². The Morgan fingerprint density at radius 3 is 2.26 bits per heavy atom. The molecule has 1 unspecified atom stereocenters. The molecule has 6 rings (SSSR count). The SMILES string of the molecule is CC1(C)Cc2nc(C3CCC3)c3c(c2C(O)C1)C1(CCCC1)O[C@@H]3c1ccc(C(F)(F)F)cc1. The number of nitrogens with zero attached hydrogens (tertiary/aromatic N) is 1. The van der Waals surface area contributed by atoms with Gasteiger partial charge < -0.3 is 9.84 Å². The third-order valence-electron chi connectivity index (χ3n) is 8.61. The minimum absolute atomic E-state index is 0.0281. The van der Waals surface area contributed by atoms with E-state index in [0.717, 1.165) is 90.7 Å². The topological polar surface area (TPSA) is 42.4 Å². The predicted molar refractivity (Wildman–Crippen MR) is 122 cm³/mol. The smallest absolute Gasteiger partial charge is 0.388 e. The van der Waals surface area contributed by atoms with Crippen LogP contribution in [-0.2, 0) is 22.9 Å². The minimum Gasteiger partial charge on any atom is -0.388 e. The number of pyridine rings is 1. The van der Waals surface area contributed by atoms with E-state index in [-0.39, 0.29) is 5.41 Å². The standard InChI is InChI=1S/C28H32F3NO2/c1-26(2)14-19-21(20(33)15-26)23-22(24(32-19)16-6-5-7-16)25(34-27(23)12-3-4-13-27)17-8-10-18(11-9-17)28(29,30)31/h8-11,16,20,25,33H,3-7,12-15H2,1-2H3/t20?,25-/m1/s1. The van der Waals surface area contributed by atoms with Crippen molar-refractivity contribution in [3.05, 3.63) is 63.5 Å². The highest BCUT2D eigenvalue weighted by Crippen LogP contribution is 2.60. The minimum atomic E-state index is -4.37. The normalized spacial score (nSPS) is 27.5. The van der Waals surface area contributed by atoms with Crippen molar-refractivity contribution >= 4 is 0 Å². The van der Waals surface area contributed by atoms with Crippen LogP contribution in [0.5, 0.6) is 0 Å². The van der Waals surface area contributed by atoms with Crippen molar-refractivity contribution in [3.8, 4) is 0 Å². The highest BCUT2D eigenvalue weighted by Gasteiger charge is 2.53. The molecule has 1 aliphatic heterocycles. The number of aromatic nitrogens is 1. The van der Waals surface area contributed by atoms with Crippen molar-refractivity contribution < 1.29 is 23.0 Å². The molecule has 0 saturated heterocycles. The summed E-state index contributed by atoms with van der Waals surface area (Å²) in [6, 6.07) is 5.44. The van der Waals surface area contributed by atoms with E-state index < -0.39 is 29.5 Å². The molecule has 2 heterocycles. The number of hydrogen-bond donors (Lipinski definition) is 1. The molecule has 0 bridgehead atoms. The first kappa shape index (κ1) is 22.5. The monoisotopic (exact) mass is 471 g/mol. The van der Waals surface area contributed by atoms with Gasteiger partial charge in [-0.15, -0.1) is 0 Å². The average Bonchev–Trinajstić information content (AvgIpc) is 3.31. The lowest BCUT2D eigenvalue weighted by Crippen LogP contribution is -2.32. The van der Waals surface area contributed by atoms with E-state index >= 15 is 0 Å². The van der Waals surface area contributed by atoms with Gasteiger partial charge in [-0.25, -0.2) is 0 Å². The molecule has 6 heteroatoms. The van der Waals surface area contributed by atoms with Gasteiger partial charge in [-0.05, 0) is 67.2 Å². The van der Waals surface area contributed by atoms with Crippen LogP contribution in [-0.4, -0.2) is 10.1 Å². The summed E-state index contributed by atoms with van der Waals surface area (Å²) in [6.07, 6.45) is 3.31. The quantitative estimate of drug-likeness (QED) is 0.501. The zero-order valence-electron chi connectivity index (χ0n) is 19.8. The van der Waals surface area contributed by atoms with Crippen molar-refractivity contribution in [2.24, 2.45) is 5.41 Å². The molecule has 1 spiro atoms. The fourth-order valence-electron chi connectivity index (χ4n) is 6.82. The van der Waals surface area contributed by atoms with Gasteiger partial charge in [-0.3, -0.25) is 4.98 Å². The Morgan fingerprint density at radius 1 is 1.00 bits per heavy atom. The molecule has 1 aromatic heterocycles. The van der Waals surface area contributed by atoms with Crippen LogP contribution in [0.1, 0.15) is 123 Å². The Balaban J connectivity index is 1.56. The average molecular weight is 472 g/mol. The highest BCUT2D eigenvalue weighted by molar-refractivity contribution is 5.55. The maximum Gasteiger partial charge on any atom is 0.416 e. The maximum atomic E-state index is 13.2. The molecule has 1 N–H and O–H groups in total. The largest absolute Gasteiger partial charge is 0.416 e. The van der Waals surface area contributed by atoms with Crippen LogP contribution in [0.4, 0.5) is 13.2 Å². The molecule has 2 aromatic rings. The van der Waals surface area contributed by atoms with Crippen LogP contribution in [0.25, 0.3) is 0 Å². The van der Waals surface area contributed by atoms with Gasteiger partial charge in [-0.1, -0.05) is 45.2 Å². The number of aliphatic hydroxyl groups excluding tert-OH is 1. The Labute approximate surface area is 198 Å². The van der Waals surface area contributed by atoms with Gasteiger partial charge in [0.15, 0.2) is 0 Å². The number of halogens is 3. The Kier molecular flexibility index (Phi) is 5.00. The van der Waals surface area contributed by atoms with Crippen LogP contribution in [0.3, 0.4) is 0 Å². The summed E-state index contributed by atoms with van der Waals surface area (Å²) < 4.78 is 46.6. The van der Waals surface area contributed by atoms with E-state index in [4.69, 9.17) is 9.72 Å². The fraction of sp³-hybridized carbons (Fsp3) is 0.607.